The summed E-state index contributed by atoms with van der Waals surface area (Å²) in [5, 5.41) is 2.60. The number of aromatic nitrogens is 1. The highest BCUT2D eigenvalue weighted by molar-refractivity contribution is 14.1. The average molecular weight is 369 g/mol. The summed E-state index contributed by atoms with van der Waals surface area (Å²) in [5.41, 5.74) is 4.95. The van der Waals surface area contributed by atoms with Gasteiger partial charge in [0.05, 0.1) is 0 Å². The molecule has 0 atom stereocenters. The van der Waals surface area contributed by atoms with Gasteiger partial charge in [0.1, 0.15) is 0 Å². The van der Waals surface area contributed by atoms with Crippen LogP contribution in [0, 0.1) is 3.57 Å². The Kier molecular flexibility index (Phi) is 2.77. The number of hydrogen-bond donors (Lipinski definition) is 1. The molecule has 1 N–H and O–H groups in total. The highest BCUT2D eigenvalue weighted by Crippen LogP contribution is 2.34. The van der Waals surface area contributed by atoms with Crippen LogP contribution in [0.2, 0.25) is 0 Å². The molecule has 0 unspecified atom stereocenters. The van der Waals surface area contributed by atoms with Gasteiger partial charge >= 0.3 is 0 Å². The fourth-order valence-electron chi connectivity index (χ4n) is 2.80. The lowest BCUT2D eigenvalue weighted by Gasteiger charge is -2.05. The van der Waals surface area contributed by atoms with Crippen molar-refractivity contribution in [3.8, 4) is 11.1 Å². The maximum Gasteiger partial charge on any atom is 0.0471 e. The minimum absolute atomic E-state index is 1.19. The molecule has 96 valence electrons. The van der Waals surface area contributed by atoms with Gasteiger partial charge in [-0.3, -0.25) is 0 Å². The number of H-pyrrole nitrogens is 1. The molecule has 0 spiro atoms. The predicted molar refractivity (Wildman–Crippen MR) is 94.0 cm³/mol. The van der Waals surface area contributed by atoms with Crippen molar-refractivity contribution >= 4 is 44.4 Å². The molecule has 1 aromatic heterocycles. The third kappa shape index (κ3) is 1.83. The quantitative estimate of drug-likeness (QED) is 0.421. The second kappa shape index (κ2) is 4.63. The molecule has 1 heterocycles. The molecular formula is C18H12IN. The van der Waals surface area contributed by atoms with Crippen molar-refractivity contribution in [1.82, 2.24) is 4.98 Å². The van der Waals surface area contributed by atoms with E-state index in [1.165, 1.54) is 36.5 Å². The molecule has 4 rings (SSSR count). The molecule has 0 bridgehead atoms. The number of para-hydroxylation sites is 1. The van der Waals surface area contributed by atoms with Gasteiger partial charge in [0, 0.05) is 25.4 Å². The van der Waals surface area contributed by atoms with Crippen LogP contribution < -0.4 is 0 Å². The molecule has 0 radical (unpaired) electrons. The minimum atomic E-state index is 1.19. The minimum Gasteiger partial charge on any atom is -0.354 e. The van der Waals surface area contributed by atoms with Crippen molar-refractivity contribution in [2.45, 2.75) is 0 Å². The molecule has 0 saturated carbocycles. The average Bonchev–Trinajstić information content (AvgIpc) is 2.85. The zero-order valence-corrected chi connectivity index (χ0v) is 12.9. The summed E-state index contributed by atoms with van der Waals surface area (Å²) in [6.07, 6.45) is 0. The molecular weight excluding hydrogens is 357 g/mol. The first kappa shape index (κ1) is 12.0. The Morgan fingerprint density at radius 3 is 2.45 bits per heavy atom. The SMILES string of the molecule is Ic1cccc(-c2cccc3[nH]c4ccccc4c23)c1. The van der Waals surface area contributed by atoms with Crippen molar-refractivity contribution in [3.63, 3.8) is 0 Å². The fourth-order valence-corrected chi connectivity index (χ4v) is 3.34. The Morgan fingerprint density at radius 1 is 0.750 bits per heavy atom. The summed E-state index contributed by atoms with van der Waals surface area (Å²) in [5.74, 6) is 0. The predicted octanol–water partition coefficient (Wildman–Crippen LogP) is 5.59. The van der Waals surface area contributed by atoms with E-state index in [-0.39, 0.29) is 0 Å². The summed E-state index contributed by atoms with van der Waals surface area (Å²) >= 11 is 2.36. The van der Waals surface area contributed by atoms with Gasteiger partial charge in [0.2, 0.25) is 0 Å². The van der Waals surface area contributed by atoms with Gasteiger partial charge in [-0.05, 0) is 58.0 Å². The van der Waals surface area contributed by atoms with E-state index in [2.05, 4.69) is 94.3 Å². The van der Waals surface area contributed by atoms with Crippen LogP contribution in [0.25, 0.3) is 32.9 Å². The lowest BCUT2D eigenvalue weighted by atomic mass is 10.00. The standard InChI is InChI=1S/C18H12IN/c19-13-6-3-5-12(11-13)14-8-4-10-17-18(14)15-7-1-2-9-16(15)20-17/h1-11,20H. The smallest absolute Gasteiger partial charge is 0.0471 e. The summed E-state index contributed by atoms with van der Waals surface area (Å²) < 4.78 is 1.26. The Morgan fingerprint density at radius 2 is 1.55 bits per heavy atom. The van der Waals surface area contributed by atoms with Gasteiger partial charge in [-0.15, -0.1) is 0 Å². The molecule has 0 aliphatic carbocycles. The number of fused-ring (bicyclic) bond motifs is 3. The number of hydrogen-bond acceptors (Lipinski definition) is 0. The fraction of sp³-hybridized carbons (Fsp3) is 0. The van der Waals surface area contributed by atoms with Crippen molar-refractivity contribution in [2.75, 3.05) is 0 Å². The first-order chi connectivity index (χ1) is 9.83. The topological polar surface area (TPSA) is 15.8 Å². The second-order valence-electron chi connectivity index (χ2n) is 4.91. The Labute approximate surface area is 130 Å². The van der Waals surface area contributed by atoms with Crippen molar-refractivity contribution < 1.29 is 0 Å². The maximum atomic E-state index is 3.50. The molecule has 0 aliphatic rings. The number of aromatic amines is 1. The largest absolute Gasteiger partial charge is 0.354 e. The molecule has 20 heavy (non-hydrogen) atoms. The third-order valence-corrected chi connectivity index (χ3v) is 4.34. The van der Waals surface area contributed by atoms with Crippen LogP contribution in [0.15, 0.2) is 66.7 Å². The zero-order chi connectivity index (χ0) is 13.5. The first-order valence-electron chi connectivity index (χ1n) is 6.58. The van der Waals surface area contributed by atoms with E-state index in [0.29, 0.717) is 0 Å². The van der Waals surface area contributed by atoms with Gasteiger partial charge in [-0.1, -0.05) is 42.5 Å². The van der Waals surface area contributed by atoms with Crippen LogP contribution in [0.3, 0.4) is 0 Å². The molecule has 0 saturated heterocycles. The van der Waals surface area contributed by atoms with Crippen LogP contribution in [-0.4, -0.2) is 4.98 Å². The van der Waals surface area contributed by atoms with E-state index in [9.17, 15) is 0 Å². The summed E-state index contributed by atoms with van der Waals surface area (Å²) in [4.78, 5) is 3.50. The Bertz CT molecular complexity index is 921. The number of nitrogens with one attached hydrogen (secondary N) is 1. The molecule has 0 aliphatic heterocycles. The zero-order valence-electron chi connectivity index (χ0n) is 10.7. The summed E-state index contributed by atoms with van der Waals surface area (Å²) in [6, 6.07) is 23.6. The molecule has 3 aromatic carbocycles. The summed E-state index contributed by atoms with van der Waals surface area (Å²) in [6.45, 7) is 0. The van der Waals surface area contributed by atoms with E-state index in [4.69, 9.17) is 0 Å². The van der Waals surface area contributed by atoms with Crippen LogP contribution in [0.4, 0.5) is 0 Å². The van der Waals surface area contributed by atoms with Crippen molar-refractivity contribution in [2.24, 2.45) is 0 Å². The molecule has 0 fully saturated rings. The highest BCUT2D eigenvalue weighted by atomic mass is 127. The van der Waals surface area contributed by atoms with Crippen molar-refractivity contribution in [3.05, 3.63) is 70.3 Å². The van der Waals surface area contributed by atoms with Gasteiger partial charge in [0.25, 0.3) is 0 Å². The Balaban J connectivity index is 2.14. The van der Waals surface area contributed by atoms with E-state index < -0.39 is 0 Å². The van der Waals surface area contributed by atoms with Crippen molar-refractivity contribution in [1.29, 1.82) is 0 Å². The van der Waals surface area contributed by atoms with E-state index in [0.717, 1.165) is 0 Å². The van der Waals surface area contributed by atoms with Crippen LogP contribution in [0.1, 0.15) is 0 Å². The first-order valence-corrected chi connectivity index (χ1v) is 7.66. The lowest BCUT2D eigenvalue weighted by molar-refractivity contribution is 1.54. The maximum absolute atomic E-state index is 3.50. The lowest BCUT2D eigenvalue weighted by Crippen LogP contribution is -1.80. The monoisotopic (exact) mass is 369 g/mol. The number of rotatable bonds is 1. The molecule has 4 aromatic rings. The van der Waals surface area contributed by atoms with E-state index >= 15 is 0 Å². The summed E-state index contributed by atoms with van der Waals surface area (Å²) in [7, 11) is 0. The van der Waals surface area contributed by atoms with E-state index in [1.807, 2.05) is 0 Å². The normalized spacial score (nSPS) is 11.2. The molecule has 0 amide bonds. The number of benzene rings is 3. The van der Waals surface area contributed by atoms with Gasteiger partial charge in [-0.2, -0.15) is 0 Å². The highest BCUT2D eigenvalue weighted by Gasteiger charge is 2.09. The second-order valence-corrected chi connectivity index (χ2v) is 6.15. The van der Waals surface area contributed by atoms with Gasteiger partial charge in [-0.25, -0.2) is 0 Å². The van der Waals surface area contributed by atoms with Crippen LogP contribution in [0.5, 0.6) is 0 Å². The molecule has 1 nitrogen and oxygen atoms in total. The third-order valence-electron chi connectivity index (χ3n) is 3.67. The number of halogens is 1. The van der Waals surface area contributed by atoms with Gasteiger partial charge < -0.3 is 4.98 Å². The van der Waals surface area contributed by atoms with E-state index in [1.54, 1.807) is 0 Å². The molecule has 2 heteroatoms. The van der Waals surface area contributed by atoms with Gasteiger partial charge in [0.15, 0.2) is 0 Å². The van der Waals surface area contributed by atoms with Crippen LogP contribution in [-0.2, 0) is 0 Å². The van der Waals surface area contributed by atoms with Crippen LogP contribution >= 0.6 is 22.6 Å². The Hall–Kier alpha value is -1.81.